The molecule has 2 aromatic heterocycles. The Morgan fingerprint density at radius 3 is 2.62 bits per heavy atom. The third-order valence-electron chi connectivity index (χ3n) is 4.17. The van der Waals surface area contributed by atoms with Crippen LogP contribution in [0.25, 0.3) is 22.4 Å². The van der Waals surface area contributed by atoms with Gasteiger partial charge in [-0.05, 0) is 30.3 Å². The Balaban J connectivity index is 1.62. The van der Waals surface area contributed by atoms with E-state index >= 15 is 0 Å². The van der Waals surface area contributed by atoms with Crippen LogP contribution in [0, 0.1) is 0 Å². The lowest BCUT2D eigenvalue weighted by atomic mass is 10.2. The van der Waals surface area contributed by atoms with Gasteiger partial charge in [0.15, 0.2) is 0 Å². The molecule has 29 heavy (non-hydrogen) atoms. The fourth-order valence-electron chi connectivity index (χ4n) is 2.75. The number of aromatic nitrogens is 2. The second-order valence-corrected chi connectivity index (χ2v) is 5.92. The van der Waals surface area contributed by atoms with E-state index in [-0.39, 0.29) is 17.5 Å². The maximum absolute atomic E-state index is 12.5. The minimum atomic E-state index is -0.768. The van der Waals surface area contributed by atoms with Crippen molar-refractivity contribution in [1.82, 2.24) is 10.2 Å². The molecule has 0 bridgehead atoms. The molecule has 9 heteroatoms. The monoisotopic (exact) mass is 393 g/mol. The third kappa shape index (κ3) is 3.53. The van der Waals surface area contributed by atoms with E-state index in [1.807, 2.05) is 0 Å². The van der Waals surface area contributed by atoms with Crippen LogP contribution in [0.1, 0.15) is 10.4 Å². The Morgan fingerprint density at radius 2 is 1.83 bits per heavy atom. The second-order valence-electron chi connectivity index (χ2n) is 5.92. The number of carbonyl (C=O) groups is 1. The molecule has 4 rings (SSSR count). The number of carbonyl (C=O) groups excluding carboxylic acids is 1. The van der Waals surface area contributed by atoms with Gasteiger partial charge in [0.1, 0.15) is 22.6 Å². The van der Waals surface area contributed by atoms with Crippen molar-refractivity contribution in [3.8, 4) is 23.0 Å². The van der Waals surface area contributed by atoms with Crippen LogP contribution in [0.4, 0.5) is 6.01 Å². The summed E-state index contributed by atoms with van der Waals surface area (Å²) in [6.45, 7) is 0. The van der Waals surface area contributed by atoms with Gasteiger partial charge in [-0.1, -0.05) is 23.3 Å². The first-order chi connectivity index (χ1) is 14.1. The molecule has 1 amide bonds. The summed E-state index contributed by atoms with van der Waals surface area (Å²) < 4.78 is 21.2. The Labute approximate surface area is 163 Å². The van der Waals surface area contributed by atoms with Crippen LogP contribution >= 0.6 is 0 Å². The lowest BCUT2D eigenvalue weighted by molar-refractivity contribution is 0.102. The van der Waals surface area contributed by atoms with E-state index in [0.29, 0.717) is 28.0 Å². The molecular weight excluding hydrogens is 378 g/mol. The van der Waals surface area contributed by atoms with E-state index in [4.69, 9.17) is 18.3 Å². The molecule has 0 fully saturated rings. The van der Waals surface area contributed by atoms with Crippen molar-refractivity contribution in [2.75, 3.05) is 19.5 Å². The van der Waals surface area contributed by atoms with E-state index in [1.165, 1.54) is 20.3 Å². The average molecular weight is 393 g/mol. The number of rotatable bonds is 5. The normalized spacial score (nSPS) is 10.7. The summed E-state index contributed by atoms with van der Waals surface area (Å²) in [6, 6.07) is 13.2. The zero-order valence-corrected chi connectivity index (χ0v) is 15.5. The number of benzene rings is 2. The zero-order chi connectivity index (χ0) is 20.4. The Hall–Kier alpha value is -4.14. The summed E-state index contributed by atoms with van der Waals surface area (Å²) >= 11 is 0. The summed E-state index contributed by atoms with van der Waals surface area (Å²) in [5.41, 5.74) is -0.0675. The van der Waals surface area contributed by atoms with Gasteiger partial charge in [0.2, 0.25) is 0 Å². The highest BCUT2D eigenvalue weighted by molar-refractivity contribution is 6.04. The fraction of sp³-hybridized carbons (Fsp3) is 0.100. The van der Waals surface area contributed by atoms with Crippen LogP contribution < -0.4 is 20.4 Å². The standard InChI is InChI=1S/C20H15N3O6/c1-26-12-7-8-16(27-2)13(10-12)18-22-23-20(29-18)21-17(24)14-9-11-5-3-4-6-15(11)28-19(14)25/h3-10H,1-2H3,(H,21,23,24). The number of anilines is 1. The molecule has 9 nitrogen and oxygen atoms in total. The molecule has 0 saturated heterocycles. The van der Waals surface area contributed by atoms with Crippen LogP contribution in [0.2, 0.25) is 0 Å². The molecule has 2 heterocycles. The smallest absolute Gasteiger partial charge is 0.349 e. The second kappa shape index (κ2) is 7.47. The van der Waals surface area contributed by atoms with Gasteiger partial charge in [0, 0.05) is 5.39 Å². The minimum absolute atomic E-state index is 0.113. The molecule has 0 saturated carbocycles. The van der Waals surface area contributed by atoms with Gasteiger partial charge in [0.25, 0.3) is 11.8 Å². The van der Waals surface area contributed by atoms with Crippen LogP contribution in [0.3, 0.4) is 0 Å². The van der Waals surface area contributed by atoms with Crippen LogP contribution in [0.5, 0.6) is 11.5 Å². The number of hydrogen-bond donors (Lipinski definition) is 1. The van der Waals surface area contributed by atoms with Gasteiger partial charge < -0.3 is 18.3 Å². The van der Waals surface area contributed by atoms with Gasteiger partial charge in [-0.2, -0.15) is 0 Å². The van der Waals surface area contributed by atoms with Crippen molar-refractivity contribution in [3.63, 3.8) is 0 Å². The summed E-state index contributed by atoms with van der Waals surface area (Å²) in [7, 11) is 3.03. The number of methoxy groups -OCH3 is 2. The maximum atomic E-state index is 12.5. The zero-order valence-electron chi connectivity index (χ0n) is 15.5. The molecule has 146 valence electrons. The van der Waals surface area contributed by atoms with E-state index in [9.17, 15) is 9.59 Å². The molecule has 1 N–H and O–H groups in total. The Kier molecular flexibility index (Phi) is 4.70. The summed E-state index contributed by atoms with van der Waals surface area (Å²) in [6.07, 6.45) is 0. The van der Waals surface area contributed by atoms with Gasteiger partial charge in [-0.25, -0.2) is 4.79 Å². The highest BCUT2D eigenvalue weighted by atomic mass is 16.5. The SMILES string of the molecule is COc1ccc(OC)c(-c2nnc(NC(=O)c3cc4ccccc4oc3=O)o2)c1. The number of para-hydroxylation sites is 1. The van der Waals surface area contributed by atoms with E-state index < -0.39 is 11.5 Å². The lowest BCUT2D eigenvalue weighted by Gasteiger charge is -2.07. The molecule has 0 aliphatic rings. The van der Waals surface area contributed by atoms with Crippen molar-refractivity contribution in [2.45, 2.75) is 0 Å². The maximum Gasteiger partial charge on any atom is 0.349 e. The molecule has 2 aromatic carbocycles. The molecule has 4 aromatic rings. The van der Waals surface area contributed by atoms with Crippen molar-refractivity contribution >= 4 is 22.9 Å². The van der Waals surface area contributed by atoms with Crippen molar-refractivity contribution in [3.05, 3.63) is 64.5 Å². The predicted octanol–water partition coefficient (Wildman–Crippen LogP) is 3.11. The summed E-state index contributed by atoms with van der Waals surface area (Å²) in [4.78, 5) is 24.6. The Morgan fingerprint density at radius 1 is 1.00 bits per heavy atom. The highest BCUT2D eigenvalue weighted by Crippen LogP contribution is 2.33. The minimum Gasteiger partial charge on any atom is -0.497 e. The van der Waals surface area contributed by atoms with Gasteiger partial charge in [0.05, 0.1) is 19.8 Å². The summed E-state index contributed by atoms with van der Waals surface area (Å²) in [5.74, 6) is 0.444. The lowest BCUT2D eigenvalue weighted by Crippen LogP contribution is -2.20. The van der Waals surface area contributed by atoms with Crippen molar-refractivity contribution in [2.24, 2.45) is 0 Å². The number of fused-ring (bicyclic) bond motifs is 1. The van der Waals surface area contributed by atoms with E-state index in [1.54, 1.807) is 42.5 Å². The number of nitrogens with one attached hydrogen (secondary N) is 1. The van der Waals surface area contributed by atoms with E-state index in [0.717, 1.165) is 0 Å². The number of amides is 1. The molecule has 0 aliphatic heterocycles. The van der Waals surface area contributed by atoms with Crippen LogP contribution in [-0.2, 0) is 0 Å². The van der Waals surface area contributed by atoms with Gasteiger partial charge in [-0.15, -0.1) is 5.10 Å². The quantitative estimate of drug-likeness (QED) is 0.514. The van der Waals surface area contributed by atoms with Gasteiger partial charge in [-0.3, -0.25) is 10.1 Å². The van der Waals surface area contributed by atoms with Crippen LogP contribution in [-0.4, -0.2) is 30.3 Å². The van der Waals surface area contributed by atoms with Gasteiger partial charge >= 0.3 is 11.6 Å². The highest BCUT2D eigenvalue weighted by Gasteiger charge is 2.19. The van der Waals surface area contributed by atoms with Crippen molar-refractivity contribution < 1.29 is 23.1 Å². The first kappa shape index (κ1) is 18.2. The molecule has 0 radical (unpaired) electrons. The molecule has 0 atom stereocenters. The average Bonchev–Trinajstić information content (AvgIpc) is 3.20. The third-order valence-corrected chi connectivity index (χ3v) is 4.17. The molecule has 0 unspecified atom stereocenters. The molecule has 0 aliphatic carbocycles. The number of nitrogens with zero attached hydrogens (tertiary/aromatic N) is 2. The molecule has 0 spiro atoms. The van der Waals surface area contributed by atoms with Crippen LogP contribution in [0.15, 0.2) is 62.2 Å². The fourth-order valence-corrected chi connectivity index (χ4v) is 2.75. The molecular formula is C20H15N3O6. The Bertz CT molecular complexity index is 1260. The largest absolute Gasteiger partial charge is 0.497 e. The first-order valence-electron chi connectivity index (χ1n) is 8.49. The first-order valence-corrected chi connectivity index (χ1v) is 8.49. The number of ether oxygens (including phenoxy) is 2. The number of hydrogen-bond acceptors (Lipinski definition) is 8. The van der Waals surface area contributed by atoms with E-state index in [2.05, 4.69) is 15.5 Å². The van der Waals surface area contributed by atoms with Crippen molar-refractivity contribution in [1.29, 1.82) is 0 Å². The summed E-state index contributed by atoms with van der Waals surface area (Å²) in [5, 5.41) is 10.7. The predicted molar refractivity (Wildman–Crippen MR) is 103 cm³/mol. The topological polar surface area (TPSA) is 117 Å².